The third-order valence-electron chi connectivity index (χ3n) is 3.62. The van der Waals surface area contributed by atoms with E-state index in [1.54, 1.807) is 30.3 Å². The van der Waals surface area contributed by atoms with Gasteiger partial charge in [-0.05, 0) is 42.5 Å². The van der Waals surface area contributed by atoms with Gasteiger partial charge in [-0.25, -0.2) is 8.42 Å². The normalized spacial score (nSPS) is 10.7. The molecule has 1 aromatic heterocycles. The van der Waals surface area contributed by atoms with Crippen LogP contribution in [0.25, 0.3) is 0 Å². The van der Waals surface area contributed by atoms with Crippen molar-refractivity contribution in [2.75, 3.05) is 4.72 Å². The first-order valence-corrected chi connectivity index (χ1v) is 9.64. The number of carbonyl (C=O) groups excluding carboxylic acids is 2. The van der Waals surface area contributed by atoms with Crippen LogP contribution in [0.4, 0.5) is 5.69 Å². The van der Waals surface area contributed by atoms with E-state index in [1.807, 2.05) is 0 Å². The molecule has 0 saturated heterocycles. The lowest BCUT2D eigenvalue weighted by Gasteiger charge is -2.10. The molecule has 0 aliphatic heterocycles. The maximum Gasteiger partial charge on any atom is 0.288 e. The number of hydrogen-bond donors (Lipinski definition) is 3. The molecule has 0 bridgehead atoms. The predicted molar refractivity (Wildman–Crippen MR) is 103 cm³/mol. The molecular formula is C19H16N4O4S. The van der Waals surface area contributed by atoms with Gasteiger partial charge in [0.1, 0.15) is 5.69 Å². The molecule has 0 saturated carbocycles. The van der Waals surface area contributed by atoms with Crippen molar-refractivity contribution in [1.82, 2.24) is 15.8 Å². The van der Waals surface area contributed by atoms with E-state index >= 15 is 0 Å². The Morgan fingerprint density at radius 3 is 2.21 bits per heavy atom. The van der Waals surface area contributed by atoms with Crippen LogP contribution in [0, 0.1) is 0 Å². The van der Waals surface area contributed by atoms with Crippen LogP contribution >= 0.6 is 0 Å². The van der Waals surface area contributed by atoms with E-state index in [4.69, 9.17) is 0 Å². The summed E-state index contributed by atoms with van der Waals surface area (Å²) < 4.78 is 27.2. The quantitative estimate of drug-likeness (QED) is 0.570. The number of carbonyl (C=O) groups is 2. The molecule has 0 spiro atoms. The minimum atomic E-state index is -3.78. The highest BCUT2D eigenvalue weighted by Gasteiger charge is 2.15. The zero-order valence-corrected chi connectivity index (χ0v) is 15.3. The SMILES string of the molecule is O=C(NNC(=O)c1ccccn1)c1cccc(NS(=O)(=O)c2ccccc2)c1. The van der Waals surface area contributed by atoms with E-state index in [-0.39, 0.29) is 21.8 Å². The minimum absolute atomic E-state index is 0.104. The maximum absolute atomic E-state index is 12.4. The summed E-state index contributed by atoms with van der Waals surface area (Å²) in [7, 11) is -3.78. The molecule has 0 atom stereocenters. The number of nitrogens with zero attached hydrogens (tertiary/aromatic N) is 1. The van der Waals surface area contributed by atoms with Gasteiger partial charge in [-0.15, -0.1) is 0 Å². The Hall–Kier alpha value is -3.72. The molecule has 0 aliphatic carbocycles. The molecule has 0 radical (unpaired) electrons. The van der Waals surface area contributed by atoms with Crippen molar-refractivity contribution in [1.29, 1.82) is 0 Å². The number of amides is 2. The average Bonchev–Trinajstić information content (AvgIpc) is 2.73. The van der Waals surface area contributed by atoms with E-state index in [9.17, 15) is 18.0 Å². The summed E-state index contributed by atoms with van der Waals surface area (Å²) in [6, 6.07) is 18.6. The summed E-state index contributed by atoms with van der Waals surface area (Å²) in [6.07, 6.45) is 1.46. The van der Waals surface area contributed by atoms with Crippen LogP contribution in [-0.2, 0) is 10.0 Å². The van der Waals surface area contributed by atoms with Gasteiger partial charge in [-0.2, -0.15) is 0 Å². The third-order valence-corrected chi connectivity index (χ3v) is 5.01. The van der Waals surface area contributed by atoms with E-state index in [1.165, 1.54) is 48.7 Å². The fourth-order valence-corrected chi connectivity index (χ4v) is 3.36. The smallest absolute Gasteiger partial charge is 0.280 e. The summed E-state index contributed by atoms with van der Waals surface area (Å²) >= 11 is 0. The van der Waals surface area contributed by atoms with Gasteiger partial charge in [0.25, 0.3) is 21.8 Å². The maximum atomic E-state index is 12.4. The molecule has 3 N–H and O–H groups in total. The summed E-state index contributed by atoms with van der Waals surface area (Å²) in [5, 5.41) is 0. The van der Waals surface area contributed by atoms with Crippen LogP contribution in [0.1, 0.15) is 20.8 Å². The topological polar surface area (TPSA) is 117 Å². The molecule has 142 valence electrons. The summed E-state index contributed by atoms with van der Waals surface area (Å²) in [6.45, 7) is 0. The van der Waals surface area contributed by atoms with E-state index < -0.39 is 21.8 Å². The van der Waals surface area contributed by atoms with Gasteiger partial charge >= 0.3 is 0 Å². The average molecular weight is 396 g/mol. The van der Waals surface area contributed by atoms with Crippen LogP contribution in [0.2, 0.25) is 0 Å². The number of hydrogen-bond acceptors (Lipinski definition) is 5. The molecule has 28 heavy (non-hydrogen) atoms. The molecule has 3 aromatic rings. The summed E-state index contributed by atoms with van der Waals surface area (Å²) in [5.41, 5.74) is 5.04. The Morgan fingerprint density at radius 2 is 1.50 bits per heavy atom. The Morgan fingerprint density at radius 1 is 0.786 bits per heavy atom. The zero-order chi connectivity index (χ0) is 20.0. The molecule has 2 aromatic carbocycles. The fourth-order valence-electron chi connectivity index (χ4n) is 2.28. The standard InChI is InChI=1S/C19H16N4O4S/c24-18(21-22-19(25)17-11-4-5-12-20-17)14-7-6-8-15(13-14)23-28(26,27)16-9-2-1-3-10-16/h1-13,23H,(H,21,24)(H,22,25). The molecule has 0 aliphatic rings. The highest BCUT2D eigenvalue weighted by atomic mass is 32.2. The van der Waals surface area contributed by atoms with Crippen LogP contribution in [-0.4, -0.2) is 25.2 Å². The summed E-state index contributed by atoms with van der Waals surface area (Å²) in [4.78, 5) is 28.1. The first-order chi connectivity index (χ1) is 13.5. The van der Waals surface area contributed by atoms with E-state index in [0.717, 1.165) is 0 Å². The van der Waals surface area contributed by atoms with Crippen LogP contribution in [0.3, 0.4) is 0 Å². The molecule has 2 amide bonds. The monoisotopic (exact) mass is 396 g/mol. The van der Waals surface area contributed by atoms with Crippen molar-refractivity contribution in [2.24, 2.45) is 0 Å². The Kier molecular flexibility index (Phi) is 5.66. The zero-order valence-electron chi connectivity index (χ0n) is 14.5. The predicted octanol–water partition coefficient (Wildman–Crippen LogP) is 1.96. The second-order valence-electron chi connectivity index (χ2n) is 5.62. The van der Waals surface area contributed by atoms with Crippen molar-refractivity contribution in [3.05, 3.63) is 90.3 Å². The second-order valence-corrected chi connectivity index (χ2v) is 7.30. The van der Waals surface area contributed by atoms with Gasteiger partial charge in [-0.3, -0.25) is 30.1 Å². The van der Waals surface area contributed by atoms with Crippen molar-refractivity contribution >= 4 is 27.5 Å². The van der Waals surface area contributed by atoms with Gasteiger partial charge in [0, 0.05) is 17.4 Å². The lowest BCUT2D eigenvalue weighted by atomic mass is 10.2. The largest absolute Gasteiger partial charge is 0.288 e. The van der Waals surface area contributed by atoms with Crippen LogP contribution in [0.15, 0.2) is 83.9 Å². The number of hydrazine groups is 1. The van der Waals surface area contributed by atoms with Gasteiger partial charge in [0.2, 0.25) is 0 Å². The minimum Gasteiger partial charge on any atom is -0.280 e. The van der Waals surface area contributed by atoms with E-state index in [0.29, 0.717) is 0 Å². The van der Waals surface area contributed by atoms with Gasteiger partial charge in [0.05, 0.1) is 4.90 Å². The molecule has 0 unspecified atom stereocenters. The van der Waals surface area contributed by atoms with Crippen LogP contribution < -0.4 is 15.6 Å². The third kappa shape index (κ3) is 4.71. The highest BCUT2D eigenvalue weighted by Crippen LogP contribution is 2.17. The molecule has 1 heterocycles. The Labute approximate surface area is 161 Å². The van der Waals surface area contributed by atoms with Gasteiger partial charge < -0.3 is 0 Å². The Balaban J connectivity index is 1.67. The fraction of sp³-hybridized carbons (Fsp3) is 0. The highest BCUT2D eigenvalue weighted by molar-refractivity contribution is 7.92. The van der Waals surface area contributed by atoms with Crippen molar-refractivity contribution < 1.29 is 18.0 Å². The van der Waals surface area contributed by atoms with E-state index in [2.05, 4.69) is 20.6 Å². The van der Waals surface area contributed by atoms with Gasteiger partial charge in [0.15, 0.2) is 0 Å². The lowest BCUT2D eigenvalue weighted by Crippen LogP contribution is -2.41. The molecule has 0 fully saturated rings. The van der Waals surface area contributed by atoms with Gasteiger partial charge in [-0.1, -0.05) is 30.3 Å². The first kappa shape index (κ1) is 19.1. The molecule has 3 rings (SSSR count). The second kappa shape index (κ2) is 8.31. The lowest BCUT2D eigenvalue weighted by molar-refractivity contribution is 0.0844. The first-order valence-electron chi connectivity index (χ1n) is 8.15. The molecule has 8 nitrogen and oxygen atoms in total. The number of pyridine rings is 1. The number of anilines is 1. The Bertz CT molecular complexity index is 1090. The number of rotatable bonds is 5. The number of benzene rings is 2. The molecular weight excluding hydrogens is 380 g/mol. The number of aromatic nitrogens is 1. The number of nitrogens with one attached hydrogen (secondary N) is 3. The summed E-state index contributed by atoms with van der Waals surface area (Å²) in [5.74, 6) is -1.18. The van der Waals surface area contributed by atoms with Crippen LogP contribution in [0.5, 0.6) is 0 Å². The van der Waals surface area contributed by atoms with Crippen molar-refractivity contribution in [2.45, 2.75) is 4.90 Å². The number of sulfonamides is 1. The molecule has 9 heteroatoms. The van der Waals surface area contributed by atoms with Crippen molar-refractivity contribution in [3.8, 4) is 0 Å². The van der Waals surface area contributed by atoms with Crippen molar-refractivity contribution in [3.63, 3.8) is 0 Å².